The highest BCUT2D eigenvalue weighted by Crippen LogP contribution is 2.46. The van der Waals surface area contributed by atoms with Crippen LogP contribution in [0.3, 0.4) is 0 Å². The molecule has 0 saturated heterocycles. The van der Waals surface area contributed by atoms with Crippen molar-refractivity contribution in [1.29, 1.82) is 0 Å². The van der Waals surface area contributed by atoms with Crippen LogP contribution in [0.4, 0.5) is 0 Å². The van der Waals surface area contributed by atoms with Crippen LogP contribution in [0.1, 0.15) is 41.4 Å². The second-order valence-corrected chi connectivity index (χ2v) is 9.24. The molecule has 176 valence electrons. The van der Waals surface area contributed by atoms with E-state index in [1.54, 1.807) is 24.3 Å². The minimum atomic E-state index is -0.353. The standard InChI is InChI=1S/C28H20N4O4/c29-9-11-31-25(33)17-5-1-13-14-2-6-19-24-20(28(36)32(12-10-30)27(19)35)8-4-16(22(14)24)15-3-7-18(26(31)34)23(17)21(13)15/h1-8H,9-12,29-30H2. The summed E-state index contributed by atoms with van der Waals surface area (Å²) in [6.07, 6.45) is 0. The summed E-state index contributed by atoms with van der Waals surface area (Å²) in [7, 11) is 0. The minimum absolute atomic E-state index is 0.152. The zero-order chi connectivity index (χ0) is 24.9. The Balaban J connectivity index is 1.63. The van der Waals surface area contributed by atoms with Crippen molar-refractivity contribution in [3.05, 3.63) is 70.8 Å². The van der Waals surface area contributed by atoms with Gasteiger partial charge in [0, 0.05) is 59.2 Å². The lowest BCUT2D eigenvalue weighted by Crippen LogP contribution is -2.43. The quantitative estimate of drug-likeness (QED) is 0.233. The molecule has 7 rings (SSSR count). The summed E-state index contributed by atoms with van der Waals surface area (Å²) < 4.78 is 0. The van der Waals surface area contributed by atoms with Crippen LogP contribution >= 0.6 is 0 Å². The molecule has 0 atom stereocenters. The molecule has 8 nitrogen and oxygen atoms in total. The zero-order valence-corrected chi connectivity index (χ0v) is 19.1. The lowest BCUT2D eigenvalue weighted by Gasteiger charge is -2.29. The molecule has 4 amide bonds. The molecular formula is C28H20N4O4. The van der Waals surface area contributed by atoms with Gasteiger partial charge in [-0.3, -0.25) is 29.0 Å². The van der Waals surface area contributed by atoms with Gasteiger partial charge in [-0.15, -0.1) is 0 Å². The minimum Gasteiger partial charge on any atom is -0.329 e. The van der Waals surface area contributed by atoms with E-state index in [1.165, 1.54) is 9.80 Å². The highest BCUT2D eigenvalue weighted by atomic mass is 16.2. The number of nitrogens with zero attached hydrogens (tertiary/aromatic N) is 2. The zero-order valence-electron chi connectivity index (χ0n) is 19.1. The van der Waals surface area contributed by atoms with E-state index in [4.69, 9.17) is 11.5 Å². The van der Waals surface area contributed by atoms with Gasteiger partial charge in [-0.2, -0.15) is 0 Å². The monoisotopic (exact) mass is 476 g/mol. The molecule has 0 fully saturated rings. The van der Waals surface area contributed by atoms with E-state index in [2.05, 4.69) is 0 Å². The maximum atomic E-state index is 13.2. The first kappa shape index (κ1) is 20.9. The second kappa shape index (κ2) is 7.07. The van der Waals surface area contributed by atoms with Crippen molar-refractivity contribution >= 4 is 66.7 Å². The van der Waals surface area contributed by atoms with Gasteiger partial charge in [-0.05, 0) is 56.6 Å². The van der Waals surface area contributed by atoms with Gasteiger partial charge < -0.3 is 11.5 Å². The molecule has 0 aromatic heterocycles. The summed E-state index contributed by atoms with van der Waals surface area (Å²) in [6, 6.07) is 14.6. The Hall–Kier alpha value is -4.40. The number of imide groups is 2. The Bertz CT molecular complexity index is 1600. The smallest absolute Gasteiger partial charge is 0.261 e. The third-order valence-corrected chi connectivity index (χ3v) is 7.51. The maximum Gasteiger partial charge on any atom is 0.261 e. The van der Waals surface area contributed by atoms with Crippen LogP contribution in [0, 0.1) is 0 Å². The first-order chi connectivity index (χ1) is 17.5. The lowest BCUT2D eigenvalue weighted by molar-refractivity contribution is 0.0600. The molecule has 0 radical (unpaired) electrons. The summed E-state index contributed by atoms with van der Waals surface area (Å²) in [5.41, 5.74) is 13.2. The summed E-state index contributed by atoms with van der Waals surface area (Å²) >= 11 is 0. The summed E-state index contributed by atoms with van der Waals surface area (Å²) in [5, 5.41) is 6.36. The number of rotatable bonds is 4. The molecule has 2 aliphatic heterocycles. The normalized spacial score (nSPS) is 15.5. The fourth-order valence-corrected chi connectivity index (χ4v) is 6.03. The topological polar surface area (TPSA) is 127 Å². The molecule has 8 heteroatoms. The predicted octanol–water partition coefficient (Wildman–Crippen LogP) is 2.85. The van der Waals surface area contributed by atoms with Crippen molar-refractivity contribution in [3.8, 4) is 0 Å². The van der Waals surface area contributed by atoms with E-state index < -0.39 is 0 Å². The predicted molar refractivity (Wildman–Crippen MR) is 136 cm³/mol. The van der Waals surface area contributed by atoms with Crippen molar-refractivity contribution in [2.75, 3.05) is 26.2 Å². The number of hydrogen-bond donors (Lipinski definition) is 2. The lowest BCUT2D eigenvalue weighted by atomic mass is 9.82. The number of carbonyl (C=O) groups excluding carboxylic acids is 4. The Morgan fingerprint density at radius 1 is 0.444 bits per heavy atom. The van der Waals surface area contributed by atoms with Crippen molar-refractivity contribution in [3.63, 3.8) is 0 Å². The fraction of sp³-hybridized carbons (Fsp3) is 0.143. The van der Waals surface area contributed by atoms with Gasteiger partial charge in [-0.1, -0.05) is 24.3 Å². The molecule has 5 aromatic rings. The molecule has 2 aliphatic rings. The average molecular weight is 476 g/mol. The first-order valence-corrected chi connectivity index (χ1v) is 11.8. The SMILES string of the molecule is NCCN1C(=O)c2ccc3c4ccc5c6c(ccc(c7ccc(c2c37)C1=O)c64)C(=O)N(CCN)C5=O. The van der Waals surface area contributed by atoms with Crippen LogP contribution in [0.15, 0.2) is 48.5 Å². The average Bonchev–Trinajstić information content (AvgIpc) is 2.89. The summed E-state index contributed by atoms with van der Waals surface area (Å²) in [6.45, 7) is 0.677. The maximum absolute atomic E-state index is 13.2. The summed E-state index contributed by atoms with van der Waals surface area (Å²) in [4.78, 5) is 55.3. The highest BCUT2D eigenvalue weighted by molar-refractivity contribution is 6.41. The molecule has 0 unspecified atom stereocenters. The van der Waals surface area contributed by atoms with Gasteiger partial charge in [0.15, 0.2) is 0 Å². The molecular weight excluding hydrogens is 456 g/mol. The third kappa shape index (κ3) is 2.35. The summed E-state index contributed by atoms with van der Waals surface area (Å²) in [5.74, 6) is -1.41. The number of fused-ring (bicyclic) bond motifs is 2. The van der Waals surface area contributed by atoms with Gasteiger partial charge in [0.1, 0.15) is 0 Å². The van der Waals surface area contributed by atoms with Crippen LogP contribution < -0.4 is 11.5 Å². The van der Waals surface area contributed by atoms with Gasteiger partial charge in [-0.25, -0.2) is 0 Å². The van der Waals surface area contributed by atoms with E-state index in [9.17, 15) is 19.2 Å². The third-order valence-electron chi connectivity index (χ3n) is 7.51. The van der Waals surface area contributed by atoms with E-state index in [-0.39, 0.29) is 49.8 Å². The van der Waals surface area contributed by atoms with Crippen molar-refractivity contribution in [2.24, 2.45) is 11.5 Å². The van der Waals surface area contributed by atoms with Crippen LogP contribution in [-0.2, 0) is 0 Å². The van der Waals surface area contributed by atoms with Gasteiger partial charge in [0.05, 0.1) is 0 Å². The number of carbonyl (C=O) groups is 4. The Morgan fingerprint density at radius 3 is 0.972 bits per heavy atom. The van der Waals surface area contributed by atoms with Gasteiger partial charge >= 0.3 is 0 Å². The van der Waals surface area contributed by atoms with Crippen LogP contribution in [0.5, 0.6) is 0 Å². The molecule has 4 N–H and O–H groups in total. The molecule has 0 spiro atoms. The molecule has 0 bridgehead atoms. The van der Waals surface area contributed by atoms with E-state index in [1.807, 2.05) is 24.3 Å². The fourth-order valence-electron chi connectivity index (χ4n) is 6.03. The largest absolute Gasteiger partial charge is 0.329 e. The molecule has 0 saturated carbocycles. The highest BCUT2D eigenvalue weighted by Gasteiger charge is 2.36. The van der Waals surface area contributed by atoms with Gasteiger partial charge in [0.25, 0.3) is 23.6 Å². The second-order valence-electron chi connectivity index (χ2n) is 9.24. The van der Waals surface area contributed by atoms with E-state index in [0.29, 0.717) is 33.0 Å². The van der Waals surface area contributed by atoms with E-state index >= 15 is 0 Å². The Labute approximate surface area is 204 Å². The number of hydrogen-bond acceptors (Lipinski definition) is 6. The number of nitrogens with two attached hydrogens (primary N) is 2. The Kier molecular flexibility index (Phi) is 4.11. The molecule has 2 heterocycles. The first-order valence-electron chi connectivity index (χ1n) is 11.8. The van der Waals surface area contributed by atoms with Crippen molar-refractivity contribution in [1.82, 2.24) is 9.80 Å². The Morgan fingerprint density at radius 2 is 0.722 bits per heavy atom. The number of amides is 4. The van der Waals surface area contributed by atoms with E-state index in [0.717, 1.165) is 32.3 Å². The van der Waals surface area contributed by atoms with Crippen LogP contribution in [-0.4, -0.2) is 59.6 Å². The van der Waals surface area contributed by atoms with Crippen molar-refractivity contribution in [2.45, 2.75) is 0 Å². The van der Waals surface area contributed by atoms with Crippen molar-refractivity contribution < 1.29 is 19.2 Å². The number of benzene rings is 5. The molecule has 36 heavy (non-hydrogen) atoms. The molecule has 5 aromatic carbocycles. The van der Waals surface area contributed by atoms with Gasteiger partial charge in [0.2, 0.25) is 0 Å². The van der Waals surface area contributed by atoms with Crippen LogP contribution in [0.2, 0.25) is 0 Å². The molecule has 0 aliphatic carbocycles. The van der Waals surface area contributed by atoms with Crippen LogP contribution in [0.25, 0.3) is 43.1 Å².